The maximum absolute atomic E-state index is 11.9. The Bertz CT molecular complexity index is 677. The van der Waals surface area contributed by atoms with Crippen LogP contribution in [0.2, 0.25) is 0 Å². The van der Waals surface area contributed by atoms with Crippen molar-refractivity contribution in [2.24, 2.45) is 0 Å². The molecule has 2 aromatic heterocycles. The zero-order chi connectivity index (χ0) is 15.7. The van der Waals surface area contributed by atoms with E-state index < -0.39 is 5.60 Å². The molecule has 0 bridgehead atoms. The molecule has 5 nitrogen and oxygen atoms in total. The number of pyridine rings is 1. The molecule has 0 radical (unpaired) electrons. The first-order chi connectivity index (χ1) is 10.4. The van der Waals surface area contributed by atoms with Crippen LogP contribution in [0.4, 0.5) is 10.5 Å². The molecule has 1 amide bonds. The zero-order valence-electron chi connectivity index (χ0n) is 13.1. The number of aromatic nitrogens is 1. The molecule has 1 aliphatic heterocycles. The Morgan fingerprint density at radius 2 is 2.27 bits per heavy atom. The van der Waals surface area contributed by atoms with Crippen molar-refractivity contribution in [1.29, 1.82) is 0 Å². The third kappa shape index (κ3) is 3.32. The first-order valence-corrected chi connectivity index (χ1v) is 8.37. The van der Waals surface area contributed by atoms with E-state index >= 15 is 0 Å². The van der Waals surface area contributed by atoms with E-state index in [9.17, 15) is 4.79 Å². The Labute approximate surface area is 134 Å². The second kappa shape index (κ2) is 5.76. The molecule has 1 N–H and O–H groups in total. The summed E-state index contributed by atoms with van der Waals surface area (Å²) in [5.41, 5.74) is 1.77. The molecular formula is C16H21N3O2S. The molecule has 1 fully saturated rings. The maximum atomic E-state index is 11.9. The standard InChI is InChI=1S/C16H21N3O2S/c1-16(2,3)21-15(20)18-11-5-8-19(10-11)13-4-7-17-12-6-9-22-14(12)13/h4,6-7,9,11H,5,8,10H2,1-3H3,(H,18,20)/t11-/m1/s1. The van der Waals surface area contributed by atoms with Gasteiger partial charge < -0.3 is 15.0 Å². The lowest BCUT2D eigenvalue weighted by Gasteiger charge is -2.22. The monoisotopic (exact) mass is 319 g/mol. The molecule has 0 saturated carbocycles. The molecule has 1 atom stereocenters. The van der Waals surface area contributed by atoms with Crippen molar-refractivity contribution in [2.75, 3.05) is 18.0 Å². The van der Waals surface area contributed by atoms with Crippen LogP contribution in [-0.2, 0) is 4.74 Å². The Balaban J connectivity index is 1.65. The van der Waals surface area contributed by atoms with Gasteiger partial charge in [-0.05, 0) is 44.7 Å². The molecule has 3 rings (SSSR count). The smallest absolute Gasteiger partial charge is 0.407 e. The number of amides is 1. The summed E-state index contributed by atoms with van der Waals surface area (Å²) in [7, 11) is 0. The highest BCUT2D eigenvalue weighted by Crippen LogP contribution is 2.31. The Hall–Kier alpha value is -1.82. The number of nitrogens with one attached hydrogen (secondary N) is 1. The zero-order valence-corrected chi connectivity index (χ0v) is 13.9. The van der Waals surface area contributed by atoms with Gasteiger partial charge in [0, 0.05) is 19.3 Å². The van der Waals surface area contributed by atoms with E-state index in [0.717, 1.165) is 25.0 Å². The summed E-state index contributed by atoms with van der Waals surface area (Å²) in [5, 5.41) is 5.03. The van der Waals surface area contributed by atoms with Gasteiger partial charge in [-0.1, -0.05) is 0 Å². The maximum Gasteiger partial charge on any atom is 0.407 e. The molecule has 0 aliphatic carbocycles. The second-order valence-electron chi connectivity index (χ2n) is 6.54. The van der Waals surface area contributed by atoms with Gasteiger partial charge in [-0.3, -0.25) is 4.98 Å². The molecule has 2 aromatic rings. The fourth-order valence-electron chi connectivity index (χ4n) is 2.68. The van der Waals surface area contributed by atoms with Crippen molar-refractivity contribution in [3.8, 4) is 0 Å². The van der Waals surface area contributed by atoms with E-state index in [1.807, 2.05) is 33.0 Å². The molecule has 6 heteroatoms. The lowest BCUT2D eigenvalue weighted by atomic mass is 10.2. The van der Waals surface area contributed by atoms with Crippen LogP contribution in [0.15, 0.2) is 23.7 Å². The summed E-state index contributed by atoms with van der Waals surface area (Å²) >= 11 is 1.71. The highest BCUT2D eigenvalue weighted by Gasteiger charge is 2.27. The minimum absolute atomic E-state index is 0.123. The van der Waals surface area contributed by atoms with Crippen molar-refractivity contribution >= 4 is 33.3 Å². The minimum atomic E-state index is -0.462. The van der Waals surface area contributed by atoms with Crippen LogP contribution in [0.3, 0.4) is 0 Å². The second-order valence-corrected chi connectivity index (χ2v) is 7.46. The van der Waals surface area contributed by atoms with Crippen LogP contribution in [0.1, 0.15) is 27.2 Å². The van der Waals surface area contributed by atoms with Crippen LogP contribution < -0.4 is 10.2 Å². The number of carbonyl (C=O) groups excluding carboxylic acids is 1. The molecule has 3 heterocycles. The predicted octanol–water partition coefficient (Wildman–Crippen LogP) is 3.40. The Kier molecular flexibility index (Phi) is 3.95. The third-order valence-electron chi connectivity index (χ3n) is 3.57. The van der Waals surface area contributed by atoms with E-state index in [-0.39, 0.29) is 12.1 Å². The Morgan fingerprint density at radius 1 is 1.45 bits per heavy atom. The Morgan fingerprint density at radius 3 is 3.05 bits per heavy atom. The van der Waals surface area contributed by atoms with Crippen LogP contribution in [0.25, 0.3) is 10.2 Å². The van der Waals surface area contributed by atoms with Crippen molar-refractivity contribution < 1.29 is 9.53 Å². The van der Waals surface area contributed by atoms with E-state index in [1.54, 1.807) is 11.3 Å². The average Bonchev–Trinajstić information content (AvgIpc) is 3.04. The minimum Gasteiger partial charge on any atom is -0.444 e. The van der Waals surface area contributed by atoms with Gasteiger partial charge in [-0.25, -0.2) is 4.79 Å². The molecule has 22 heavy (non-hydrogen) atoms. The summed E-state index contributed by atoms with van der Waals surface area (Å²) < 4.78 is 6.53. The van der Waals surface area contributed by atoms with Gasteiger partial charge in [0.2, 0.25) is 0 Å². The number of nitrogens with zero attached hydrogens (tertiary/aromatic N) is 2. The molecule has 0 spiro atoms. The molecule has 1 saturated heterocycles. The quantitative estimate of drug-likeness (QED) is 0.922. The number of carbonyl (C=O) groups is 1. The van der Waals surface area contributed by atoms with Gasteiger partial charge in [0.25, 0.3) is 0 Å². The first-order valence-electron chi connectivity index (χ1n) is 7.49. The summed E-state index contributed by atoms with van der Waals surface area (Å²) in [6, 6.07) is 4.21. The largest absolute Gasteiger partial charge is 0.444 e. The molecule has 118 valence electrons. The average molecular weight is 319 g/mol. The molecule has 0 unspecified atom stereocenters. The van der Waals surface area contributed by atoms with Crippen LogP contribution in [-0.4, -0.2) is 35.8 Å². The van der Waals surface area contributed by atoms with Crippen LogP contribution in [0.5, 0.6) is 0 Å². The van der Waals surface area contributed by atoms with E-state index in [4.69, 9.17) is 4.74 Å². The number of thiophene rings is 1. The highest BCUT2D eigenvalue weighted by molar-refractivity contribution is 7.17. The topological polar surface area (TPSA) is 54.5 Å². The lowest BCUT2D eigenvalue weighted by Crippen LogP contribution is -2.40. The van der Waals surface area contributed by atoms with Gasteiger partial charge >= 0.3 is 6.09 Å². The van der Waals surface area contributed by atoms with Crippen molar-refractivity contribution in [2.45, 2.75) is 38.8 Å². The summed E-state index contributed by atoms with van der Waals surface area (Å²) in [4.78, 5) is 18.6. The van der Waals surface area contributed by atoms with E-state index in [0.29, 0.717) is 0 Å². The normalized spacial score (nSPS) is 18.7. The van der Waals surface area contributed by atoms with Crippen LogP contribution in [0, 0.1) is 0 Å². The van der Waals surface area contributed by atoms with Crippen molar-refractivity contribution in [1.82, 2.24) is 10.3 Å². The number of anilines is 1. The van der Waals surface area contributed by atoms with E-state index in [2.05, 4.69) is 26.6 Å². The summed E-state index contributed by atoms with van der Waals surface area (Å²) in [6.07, 6.45) is 2.43. The number of ether oxygens (including phenoxy) is 1. The number of rotatable bonds is 2. The molecule has 1 aliphatic rings. The predicted molar refractivity (Wildman–Crippen MR) is 89.6 cm³/mol. The fourth-order valence-corrected chi connectivity index (χ4v) is 3.57. The number of fused-ring (bicyclic) bond motifs is 1. The number of alkyl carbamates (subject to hydrolysis) is 1. The van der Waals surface area contributed by atoms with Crippen molar-refractivity contribution in [3.63, 3.8) is 0 Å². The van der Waals surface area contributed by atoms with E-state index in [1.165, 1.54) is 10.4 Å². The highest BCUT2D eigenvalue weighted by atomic mass is 32.1. The van der Waals surface area contributed by atoms with Crippen molar-refractivity contribution in [3.05, 3.63) is 23.7 Å². The summed E-state index contributed by atoms with van der Waals surface area (Å²) in [5.74, 6) is 0. The van der Waals surface area contributed by atoms with Gasteiger partial charge in [-0.15, -0.1) is 11.3 Å². The van der Waals surface area contributed by atoms with Gasteiger partial charge in [-0.2, -0.15) is 0 Å². The fraction of sp³-hybridized carbons (Fsp3) is 0.500. The molecular weight excluding hydrogens is 298 g/mol. The SMILES string of the molecule is CC(C)(C)OC(=O)N[C@@H]1CCN(c2ccnc3ccsc23)C1. The van der Waals surface area contributed by atoms with Gasteiger partial charge in [0.15, 0.2) is 0 Å². The molecule has 0 aromatic carbocycles. The van der Waals surface area contributed by atoms with Gasteiger partial charge in [0.1, 0.15) is 5.60 Å². The van der Waals surface area contributed by atoms with Crippen LogP contribution >= 0.6 is 11.3 Å². The first kappa shape index (κ1) is 15.1. The number of hydrogen-bond donors (Lipinski definition) is 1. The third-order valence-corrected chi connectivity index (χ3v) is 4.50. The van der Waals surface area contributed by atoms with Gasteiger partial charge in [0.05, 0.1) is 21.9 Å². The lowest BCUT2D eigenvalue weighted by molar-refractivity contribution is 0.0509. The summed E-state index contributed by atoms with van der Waals surface area (Å²) in [6.45, 7) is 7.35. The number of hydrogen-bond acceptors (Lipinski definition) is 5.